The van der Waals surface area contributed by atoms with Crippen LogP contribution in [0.5, 0.6) is 0 Å². The van der Waals surface area contributed by atoms with Gasteiger partial charge in [-0.15, -0.1) is 0 Å². The summed E-state index contributed by atoms with van der Waals surface area (Å²) in [5, 5.41) is 2.72. The zero-order chi connectivity index (χ0) is 13.6. The van der Waals surface area contributed by atoms with E-state index in [-0.39, 0.29) is 6.09 Å². The summed E-state index contributed by atoms with van der Waals surface area (Å²) in [4.78, 5) is 15.6. The van der Waals surface area contributed by atoms with Crippen LogP contribution in [0.3, 0.4) is 0 Å². The molecule has 0 unspecified atom stereocenters. The average Bonchev–Trinajstić information content (AvgIpc) is 2.24. The highest BCUT2D eigenvalue weighted by Gasteiger charge is 2.15. The molecule has 18 heavy (non-hydrogen) atoms. The zero-order valence-corrected chi connectivity index (χ0v) is 12.6. The van der Waals surface area contributed by atoms with Crippen molar-refractivity contribution >= 4 is 22.0 Å². The highest BCUT2D eigenvalue weighted by molar-refractivity contribution is 9.10. The molecule has 5 heteroatoms. The van der Waals surface area contributed by atoms with Crippen LogP contribution in [0.25, 0.3) is 0 Å². The molecule has 1 N–H and O–H groups in total. The number of pyridine rings is 1. The van der Waals surface area contributed by atoms with E-state index in [9.17, 15) is 4.79 Å². The van der Waals surface area contributed by atoms with E-state index in [2.05, 4.69) is 26.2 Å². The Morgan fingerprint density at radius 1 is 1.44 bits per heavy atom. The third kappa shape index (κ3) is 6.59. The van der Waals surface area contributed by atoms with Gasteiger partial charge in [-0.3, -0.25) is 4.98 Å². The van der Waals surface area contributed by atoms with Crippen molar-refractivity contribution in [2.75, 3.05) is 6.54 Å². The number of halogens is 1. The molecule has 0 saturated carbocycles. The van der Waals surface area contributed by atoms with Crippen LogP contribution in [0.4, 0.5) is 4.79 Å². The Morgan fingerprint density at radius 3 is 2.72 bits per heavy atom. The molecule has 1 rings (SSSR count). The number of nitrogens with zero attached hydrogens (tertiary/aromatic N) is 1. The van der Waals surface area contributed by atoms with E-state index < -0.39 is 5.60 Å². The summed E-state index contributed by atoms with van der Waals surface area (Å²) < 4.78 is 6.10. The van der Waals surface area contributed by atoms with E-state index in [0.717, 1.165) is 23.0 Å². The predicted molar refractivity (Wildman–Crippen MR) is 74.5 cm³/mol. The number of rotatable bonds is 4. The second kappa shape index (κ2) is 6.73. The summed E-state index contributed by atoms with van der Waals surface area (Å²) >= 11 is 3.34. The maximum Gasteiger partial charge on any atom is 0.407 e. The Balaban J connectivity index is 2.19. The molecule has 0 saturated heterocycles. The highest BCUT2D eigenvalue weighted by Crippen LogP contribution is 2.09. The number of alkyl carbamates (subject to hydrolysis) is 1. The van der Waals surface area contributed by atoms with Gasteiger partial charge in [0.15, 0.2) is 0 Å². The van der Waals surface area contributed by atoms with Crippen molar-refractivity contribution in [1.82, 2.24) is 10.3 Å². The van der Waals surface area contributed by atoms with E-state index >= 15 is 0 Å². The normalized spacial score (nSPS) is 11.1. The molecule has 1 amide bonds. The molecule has 0 radical (unpaired) electrons. The van der Waals surface area contributed by atoms with Crippen LogP contribution in [0.2, 0.25) is 0 Å². The van der Waals surface area contributed by atoms with Gasteiger partial charge < -0.3 is 10.1 Å². The molecule has 1 aromatic rings. The van der Waals surface area contributed by atoms with Crippen LogP contribution >= 0.6 is 15.9 Å². The number of nitrogens with one attached hydrogen (secondary N) is 1. The van der Waals surface area contributed by atoms with Gasteiger partial charge in [0.05, 0.1) is 0 Å². The van der Waals surface area contributed by atoms with Gasteiger partial charge in [0.1, 0.15) is 5.60 Å². The summed E-state index contributed by atoms with van der Waals surface area (Å²) in [6, 6.07) is 3.93. The van der Waals surface area contributed by atoms with Crippen molar-refractivity contribution in [3.8, 4) is 0 Å². The van der Waals surface area contributed by atoms with Gasteiger partial charge in [-0.05, 0) is 61.7 Å². The summed E-state index contributed by atoms with van der Waals surface area (Å²) in [7, 11) is 0. The first-order valence-electron chi connectivity index (χ1n) is 5.94. The molecule has 0 bridgehead atoms. The lowest BCUT2D eigenvalue weighted by Crippen LogP contribution is -2.33. The minimum Gasteiger partial charge on any atom is -0.444 e. The number of aromatic nitrogens is 1. The second-order valence-corrected chi connectivity index (χ2v) is 5.92. The van der Waals surface area contributed by atoms with Crippen LogP contribution < -0.4 is 5.32 Å². The molecule has 1 heterocycles. The monoisotopic (exact) mass is 314 g/mol. The van der Waals surface area contributed by atoms with Gasteiger partial charge in [0.2, 0.25) is 0 Å². The Kier molecular flexibility index (Phi) is 5.59. The van der Waals surface area contributed by atoms with Crippen LogP contribution in [0.15, 0.2) is 22.8 Å². The van der Waals surface area contributed by atoms with Crippen molar-refractivity contribution in [2.24, 2.45) is 0 Å². The molecule has 0 spiro atoms. The maximum atomic E-state index is 11.4. The topological polar surface area (TPSA) is 51.2 Å². The fourth-order valence-electron chi connectivity index (χ4n) is 1.33. The number of ether oxygens (including phenoxy) is 1. The molecular weight excluding hydrogens is 296 g/mol. The predicted octanol–water partition coefficient (Wildman–Crippen LogP) is 3.30. The summed E-state index contributed by atoms with van der Waals surface area (Å²) in [6.45, 7) is 6.13. The van der Waals surface area contributed by atoms with E-state index in [1.54, 1.807) is 6.20 Å². The van der Waals surface area contributed by atoms with Gasteiger partial charge in [0, 0.05) is 22.9 Å². The van der Waals surface area contributed by atoms with Gasteiger partial charge in [-0.25, -0.2) is 4.79 Å². The lowest BCUT2D eigenvalue weighted by atomic mass is 10.2. The van der Waals surface area contributed by atoms with Crippen LogP contribution in [-0.2, 0) is 11.2 Å². The zero-order valence-electron chi connectivity index (χ0n) is 11.0. The molecule has 0 aliphatic heterocycles. The average molecular weight is 315 g/mol. The van der Waals surface area contributed by atoms with Crippen LogP contribution in [0, 0.1) is 0 Å². The van der Waals surface area contributed by atoms with E-state index in [1.807, 2.05) is 32.9 Å². The molecule has 100 valence electrons. The first-order chi connectivity index (χ1) is 8.37. The molecule has 0 fully saturated rings. The third-order valence-corrected chi connectivity index (χ3v) is 2.54. The minimum absolute atomic E-state index is 0.369. The fourth-order valence-corrected chi connectivity index (χ4v) is 1.56. The van der Waals surface area contributed by atoms with Gasteiger partial charge in [-0.2, -0.15) is 0 Å². The first kappa shape index (κ1) is 15.0. The largest absolute Gasteiger partial charge is 0.444 e. The van der Waals surface area contributed by atoms with Gasteiger partial charge in [0.25, 0.3) is 0 Å². The molecule has 0 aliphatic carbocycles. The lowest BCUT2D eigenvalue weighted by Gasteiger charge is -2.19. The van der Waals surface area contributed by atoms with Gasteiger partial charge in [-0.1, -0.05) is 0 Å². The standard InChI is InChI=1S/C13H19BrN2O2/c1-13(2,3)18-12(17)15-8-4-5-11-7-6-10(14)9-16-11/h6-7,9H,4-5,8H2,1-3H3,(H,15,17). The number of aryl methyl sites for hydroxylation is 1. The van der Waals surface area contributed by atoms with Crippen molar-refractivity contribution < 1.29 is 9.53 Å². The third-order valence-electron chi connectivity index (χ3n) is 2.07. The van der Waals surface area contributed by atoms with Crippen LogP contribution in [-0.4, -0.2) is 23.2 Å². The Hall–Kier alpha value is -1.10. The summed E-state index contributed by atoms with van der Waals surface area (Å²) in [6.07, 6.45) is 3.08. The smallest absolute Gasteiger partial charge is 0.407 e. The van der Waals surface area contributed by atoms with E-state index in [0.29, 0.717) is 6.54 Å². The van der Waals surface area contributed by atoms with Crippen molar-refractivity contribution in [3.05, 3.63) is 28.5 Å². The first-order valence-corrected chi connectivity index (χ1v) is 6.73. The Bertz CT molecular complexity index is 385. The SMILES string of the molecule is CC(C)(C)OC(=O)NCCCc1ccc(Br)cn1. The molecule has 1 aromatic heterocycles. The van der Waals surface area contributed by atoms with Gasteiger partial charge >= 0.3 is 6.09 Å². The molecule has 0 aromatic carbocycles. The Morgan fingerprint density at radius 2 is 2.17 bits per heavy atom. The number of carbonyl (C=O) groups is 1. The molecular formula is C13H19BrN2O2. The number of hydrogen-bond acceptors (Lipinski definition) is 3. The second-order valence-electron chi connectivity index (χ2n) is 5.00. The van der Waals surface area contributed by atoms with Crippen molar-refractivity contribution in [2.45, 2.75) is 39.2 Å². The van der Waals surface area contributed by atoms with Crippen LogP contribution in [0.1, 0.15) is 32.9 Å². The lowest BCUT2D eigenvalue weighted by molar-refractivity contribution is 0.0527. The van der Waals surface area contributed by atoms with Crippen molar-refractivity contribution in [1.29, 1.82) is 0 Å². The molecule has 4 nitrogen and oxygen atoms in total. The Labute approximate surface area is 116 Å². The maximum absolute atomic E-state index is 11.4. The number of carbonyl (C=O) groups excluding carboxylic acids is 1. The molecule has 0 atom stereocenters. The minimum atomic E-state index is -0.447. The van der Waals surface area contributed by atoms with E-state index in [4.69, 9.17) is 4.74 Å². The number of hydrogen-bond donors (Lipinski definition) is 1. The number of amides is 1. The summed E-state index contributed by atoms with van der Waals surface area (Å²) in [5.41, 5.74) is 0.571. The summed E-state index contributed by atoms with van der Waals surface area (Å²) in [5.74, 6) is 0. The highest BCUT2D eigenvalue weighted by atomic mass is 79.9. The molecule has 0 aliphatic rings. The van der Waals surface area contributed by atoms with E-state index in [1.165, 1.54) is 0 Å². The quantitative estimate of drug-likeness (QED) is 0.867. The fraction of sp³-hybridized carbons (Fsp3) is 0.538. The van der Waals surface area contributed by atoms with Crippen molar-refractivity contribution in [3.63, 3.8) is 0 Å².